The summed E-state index contributed by atoms with van der Waals surface area (Å²) < 4.78 is 5.88. The van der Waals surface area contributed by atoms with Gasteiger partial charge in [-0.1, -0.05) is 30.3 Å². The van der Waals surface area contributed by atoms with Crippen molar-refractivity contribution >= 4 is 28.5 Å². The third-order valence-electron chi connectivity index (χ3n) is 7.75. The summed E-state index contributed by atoms with van der Waals surface area (Å²) >= 11 is 0. The highest BCUT2D eigenvalue weighted by Crippen LogP contribution is 2.31. The largest absolute Gasteiger partial charge is 0.493 e. The third-order valence-corrected chi connectivity index (χ3v) is 7.75. The van der Waals surface area contributed by atoms with E-state index in [2.05, 4.69) is 35.9 Å². The highest BCUT2D eigenvalue weighted by atomic mass is 16.5. The first-order valence-electron chi connectivity index (χ1n) is 13.6. The number of H-pyrrole nitrogens is 1. The Morgan fingerprint density at radius 1 is 0.974 bits per heavy atom. The molecule has 0 aliphatic carbocycles. The van der Waals surface area contributed by atoms with Crippen LogP contribution in [0.15, 0.2) is 48.7 Å². The Kier molecular flexibility index (Phi) is 7.51. The molecule has 2 aliphatic heterocycles. The number of nitrogens with one attached hydrogen (secondary N) is 1. The molecule has 8 nitrogen and oxygen atoms in total. The van der Waals surface area contributed by atoms with E-state index in [1.807, 2.05) is 30.0 Å². The summed E-state index contributed by atoms with van der Waals surface area (Å²) in [6.07, 6.45) is 3.40. The number of likely N-dealkylation sites (tertiary alicyclic amines) is 1. The molecule has 3 heterocycles. The summed E-state index contributed by atoms with van der Waals surface area (Å²) in [5.41, 5.74) is 2.63. The number of aromatic nitrogens is 1. The number of Topliss-reactive ketones (excluding diaryl/α,β-unsaturated/α-hetero) is 1. The molecule has 0 bridgehead atoms. The van der Waals surface area contributed by atoms with E-state index < -0.39 is 11.7 Å². The molecule has 0 spiro atoms. The lowest BCUT2D eigenvalue weighted by molar-refractivity contribution is -0.125. The first-order chi connectivity index (χ1) is 18.4. The van der Waals surface area contributed by atoms with Gasteiger partial charge in [0.2, 0.25) is 0 Å². The summed E-state index contributed by atoms with van der Waals surface area (Å²) in [7, 11) is 0. The first kappa shape index (κ1) is 26.0. The molecular formula is C30H36N4O4. The van der Waals surface area contributed by atoms with Crippen molar-refractivity contribution in [1.29, 1.82) is 0 Å². The average molecular weight is 517 g/mol. The minimum absolute atomic E-state index is 0.00310. The molecule has 2 fully saturated rings. The van der Waals surface area contributed by atoms with E-state index in [1.54, 1.807) is 23.2 Å². The van der Waals surface area contributed by atoms with Crippen molar-refractivity contribution in [2.75, 3.05) is 32.8 Å². The zero-order chi connectivity index (χ0) is 26.8. The van der Waals surface area contributed by atoms with Gasteiger partial charge in [-0.2, -0.15) is 0 Å². The van der Waals surface area contributed by atoms with Crippen LogP contribution in [0.4, 0.5) is 0 Å². The third kappa shape index (κ3) is 5.05. The van der Waals surface area contributed by atoms with Gasteiger partial charge in [-0.15, -0.1) is 0 Å². The molecule has 0 radical (unpaired) electrons. The maximum Gasteiger partial charge on any atom is 0.295 e. The first-order valence-corrected chi connectivity index (χ1v) is 13.6. The van der Waals surface area contributed by atoms with Crippen LogP contribution in [0.1, 0.15) is 59.9 Å². The Morgan fingerprint density at radius 2 is 1.71 bits per heavy atom. The zero-order valence-electron chi connectivity index (χ0n) is 22.4. The predicted molar refractivity (Wildman–Crippen MR) is 146 cm³/mol. The molecular weight excluding hydrogens is 480 g/mol. The second-order valence-electron chi connectivity index (χ2n) is 10.4. The lowest BCUT2D eigenvalue weighted by atomic mass is 10.0. The fourth-order valence-electron chi connectivity index (χ4n) is 5.63. The standard InChI is InChI=1S/C30H36N4O4/c1-4-38-27-15-26-23(25(16-31-26)28(35)30(37)32-12-8-9-13-32)14-24(27)29(36)34-18-20(2)33(17-21(34)3)19-22-10-6-5-7-11-22/h5-7,10-11,14-16,20-21,31H,4,8-9,12-13,17-19H2,1-3H3/t20-,21+/m0/s1. The molecule has 1 aromatic heterocycles. The van der Waals surface area contributed by atoms with Crippen molar-refractivity contribution in [2.24, 2.45) is 0 Å². The molecule has 8 heteroatoms. The zero-order valence-corrected chi connectivity index (χ0v) is 22.4. The van der Waals surface area contributed by atoms with Gasteiger partial charge in [-0.3, -0.25) is 19.3 Å². The second kappa shape index (κ2) is 11.0. The van der Waals surface area contributed by atoms with Gasteiger partial charge >= 0.3 is 0 Å². The number of nitrogens with zero attached hydrogens (tertiary/aromatic N) is 3. The van der Waals surface area contributed by atoms with Crippen molar-refractivity contribution in [3.63, 3.8) is 0 Å². The van der Waals surface area contributed by atoms with Crippen LogP contribution >= 0.6 is 0 Å². The minimum Gasteiger partial charge on any atom is -0.493 e. The van der Waals surface area contributed by atoms with Gasteiger partial charge in [0.1, 0.15) is 5.75 Å². The molecule has 0 unspecified atom stereocenters. The summed E-state index contributed by atoms with van der Waals surface area (Å²) in [5.74, 6) is -0.679. The Labute approximate surface area is 223 Å². The van der Waals surface area contributed by atoms with Gasteiger partial charge in [0, 0.05) is 68.0 Å². The summed E-state index contributed by atoms with van der Waals surface area (Å²) in [5, 5.41) is 0.567. The molecule has 2 saturated heterocycles. The molecule has 2 atom stereocenters. The molecule has 3 aromatic rings. The number of rotatable bonds is 7. The number of benzene rings is 2. The fraction of sp³-hybridized carbons (Fsp3) is 0.433. The van der Waals surface area contributed by atoms with Gasteiger partial charge in [-0.25, -0.2) is 0 Å². The second-order valence-corrected chi connectivity index (χ2v) is 10.4. The lowest BCUT2D eigenvalue weighted by Gasteiger charge is -2.44. The minimum atomic E-state index is -0.544. The van der Waals surface area contributed by atoms with E-state index in [0.29, 0.717) is 54.0 Å². The number of carbonyl (C=O) groups is 3. The fourth-order valence-corrected chi connectivity index (χ4v) is 5.63. The van der Waals surface area contributed by atoms with Gasteiger partial charge in [-0.05, 0) is 45.2 Å². The van der Waals surface area contributed by atoms with Gasteiger partial charge in [0.25, 0.3) is 17.6 Å². The van der Waals surface area contributed by atoms with Crippen LogP contribution in [0.25, 0.3) is 10.9 Å². The molecule has 1 N–H and O–H groups in total. The number of piperazine rings is 1. The number of ketones is 1. The molecule has 38 heavy (non-hydrogen) atoms. The topological polar surface area (TPSA) is 85.9 Å². The number of aromatic amines is 1. The number of hydrogen-bond donors (Lipinski definition) is 1. The van der Waals surface area contributed by atoms with Crippen molar-refractivity contribution in [1.82, 2.24) is 19.7 Å². The monoisotopic (exact) mass is 516 g/mol. The smallest absolute Gasteiger partial charge is 0.295 e. The summed E-state index contributed by atoms with van der Waals surface area (Å²) in [6, 6.07) is 14.0. The highest BCUT2D eigenvalue weighted by Gasteiger charge is 2.34. The van der Waals surface area contributed by atoms with Crippen molar-refractivity contribution in [2.45, 2.75) is 52.2 Å². The summed E-state index contributed by atoms with van der Waals surface area (Å²) in [6.45, 7) is 9.90. The van der Waals surface area contributed by atoms with E-state index >= 15 is 0 Å². The maximum absolute atomic E-state index is 14.0. The van der Waals surface area contributed by atoms with Crippen LogP contribution < -0.4 is 4.74 Å². The van der Waals surface area contributed by atoms with E-state index in [9.17, 15) is 14.4 Å². The number of carbonyl (C=O) groups excluding carboxylic acids is 3. The maximum atomic E-state index is 14.0. The van der Waals surface area contributed by atoms with Crippen molar-refractivity contribution < 1.29 is 19.1 Å². The lowest BCUT2D eigenvalue weighted by Crippen LogP contribution is -2.57. The van der Waals surface area contributed by atoms with E-state index in [-0.39, 0.29) is 18.0 Å². The molecule has 0 saturated carbocycles. The van der Waals surface area contributed by atoms with E-state index in [0.717, 1.165) is 25.9 Å². The SMILES string of the molecule is CCOc1cc2[nH]cc(C(=O)C(=O)N3CCCC3)c2cc1C(=O)N1C[C@H](C)N(Cc2ccccc2)C[C@H]1C. The number of fused-ring (bicyclic) bond motifs is 1. The average Bonchev–Trinajstić information content (AvgIpc) is 3.60. The van der Waals surface area contributed by atoms with Crippen LogP contribution in [0.3, 0.4) is 0 Å². The Balaban J connectivity index is 1.42. The highest BCUT2D eigenvalue weighted by molar-refractivity contribution is 6.45. The molecule has 2 amide bonds. The van der Waals surface area contributed by atoms with Crippen LogP contribution in [0.5, 0.6) is 5.75 Å². The predicted octanol–water partition coefficient (Wildman–Crippen LogP) is 4.11. The number of amides is 2. The normalized spacial score (nSPS) is 20.2. The molecule has 5 rings (SSSR count). The number of ether oxygens (including phenoxy) is 1. The van der Waals surface area contributed by atoms with Crippen LogP contribution in [-0.4, -0.2) is 82.2 Å². The molecule has 2 aromatic carbocycles. The Bertz CT molecular complexity index is 1330. The van der Waals surface area contributed by atoms with Crippen LogP contribution in [0.2, 0.25) is 0 Å². The quantitative estimate of drug-likeness (QED) is 0.377. The van der Waals surface area contributed by atoms with Gasteiger partial charge in [0.05, 0.1) is 17.7 Å². The summed E-state index contributed by atoms with van der Waals surface area (Å²) in [4.78, 5) is 48.9. The van der Waals surface area contributed by atoms with Crippen LogP contribution in [-0.2, 0) is 11.3 Å². The van der Waals surface area contributed by atoms with Gasteiger partial charge < -0.3 is 19.5 Å². The molecule has 200 valence electrons. The van der Waals surface area contributed by atoms with E-state index in [4.69, 9.17) is 4.74 Å². The van der Waals surface area contributed by atoms with Crippen molar-refractivity contribution in [3.8, 4) is 5.75 Å². The Hall–Kier alpha value is -3.65. The van der Waals surface area contributed by atoms with Gasteiger partial charge in [0.15, 0.2) is 0 Å². The number of hydrogen-bond acceptors (Lipinski definition) is 5. The van der Waals surface area contributed by atoms with Crippen LogP contribution in [0, 0.1) is 0 Å². The Morgan fingerprint density at radius 3 is 2.42 bits per heavy atom. The van der Waals surface area contributed by atoms with Crippen molar-refractivity contribution in [3.05, 3.63) is 65.4 Å². The molecule has 2 aliphatic rings. The van der Waals surface area contributed by atoms with E-state index in [1.165, 1.54) is 5.56 Å².